The van der Waals surface area contributed by atoms with E-state index < -0.39 is 0 Å². The quantitative estimate of drug-likeness (QED) is 0.472. The first kappa shape index (κ1) is 8.14. The highest BCUT2D eigenvalue weighted by Crippen LogP contribution is 2.17. The van der Waals surface area contributed by atoms with Crippen molar-refractivity contribution < 1.29 is 0 Å². The summed E-state index contributed by atoms with van der Waals surface area (Å²) in [6.45, 7) is 0. The number of alkyl halides is 1. The fourth-order valence-corrected chi connectivity index (χ4v) is 1.67. The summed E-state index contributed by atoms with van der Waals surface area (Å²) in [5, 5.41) is 0. The van der Waals surface area contributed by atoms with E-state index in [1.165, 1.54) is 3.57 Å². The molecule has 0 aliphatic heterocycles. The van der Waals surface area contributed by atoms with Gasteiger partial charge in [-0.05, 0) is 46.4 Å². The van der Waals surface area contributed by atoms with E-state index in [1.807, 2.05) is 18.2 Å². The number of anilines is 1. The van der Waals surface area contributed by atoms with Gasteiger partial charge >= 0.3 is 0 Å². The molecule has 3 heteroatoms. The molecule has 0 unspecified atom stereocenters. The van der Waals surface area contributed by atoms with Crippen molar-refractivity contribution in [3.05, 3.63) is 27.3 Å². The van der Waals surface area contributed by atoms with Gasteiger partial charge in [0.2, 0.25) is 0 Å². The van der Waals surface area contributed by atoms with Gasteiger partial charge in [-0.3, -0.25) is 0 Å². The number of nitrogen functional groups attached to an aromatic ring is 1. The highest BCUT2D eigenvalue weighted by atomic mass is 127. The molecule has 0 fully saturated rings. The molecule has 10 heavy (non-hydrogen) atoms. The summed E-state index contributed by atoms with van der Waals surface area (Å²) in [7, 11) is 0. The van der Waals surface area contributed by atoms with Crippen LogP contribution < -0.4 is 5.73 Å². The summed E-state index contributed by atoms with van der Waals surface area (Å²) in [4.78, 5) is 0. The van der Waals surface area contributed by atoms with Crippen LogP contribution in [0.3, 0.4) is 0 Å². The Morgan fingerprint density at radius 3 is 2.70 bits per heavy atom. The van der Waals surface area contributed by atoms with Gasteiger partial charge in [-0.15, -0.1) is 11.6 Å². The van der Waals surface area contributed by atoms with Crippen LogP contribution in [0, 0.1) is 3.57 Å². The van der Waals surface area contributed by atoms with Crippen LogP contribution in [0.25, 0.3) is 0 Å². The lowest BCUT2D eigenvalue weighted by molar-refractivity contribution is 1.37. The third-order valence-corrected chi connectivity index (χ3v) is 2.55. The molecular formula is C7H7ClIN. The molecule has 1 nitrogen and oxygen atoms in total. The maximum Gasteiger partial charge on any atom is 0.0485 e. The average Bonchev–Trinajstić information content (AvgIpc) is 1.94. The van der Waals surface area contributed by atoms with Crippen molar-refractivity contribution in [2.45, 2.75) is 5.88 Å². The number of hydrogen-bond donors (Lipinski definition) is 1. The Morgan fingerprint density at radius 2 is 2.20 bits per heavy atom. The monoisotopic (exact) mass is 267 g/mol. The van der Waals surface area contributed by atoms with Gasteiger partial charge < -0.3 is 5.73 Å². The van der Waals surface area contributed by atoms with Crippen molar-refractivity contribution in [3.63, 3.8) is 0 Å². The molecule has 0 saturated carbocycles. The summed E-state index contributed by atoms with van der Waals surface area (Å²) in [5.41, 5.74) is 7.41. The molecule has 0 spiro atoms. The highest BCUT2D eigenvalue weighted by molar-refractivity contribution is 14.1. The third kappa shape index (κ3) is 1.76. The summed E-state index contributed by atoms with van der Waals surface area (Å²) >= 11 is 7.88. The van der Waals surface area contributed by atoms with Gasteiger partial charge in [-0.25, -0.2) is 0 Å². The number of halogens is 2. The maximum absolute atomic E-state index is 5.64. The first-order valence-corrected chi connectivity index (χ1v) is 4.45. The normalized spacial score (nSPS) is 9.80. The zero-order chi connectivity index (χ0) is 7.56. The van der Waals surface area contributed by atoms with Crippen molar-refractivity contribution in [2.24, 2.45) is 0 Å². The molecule has 1 aromatic rings. The van der Waals surface area contributed by atoms with E-state index in [-0.39, 0.29) is 0 Å². The first-order chi connectivity index (χ1) is 4.74. The van der Waals surface area contributed by atoms with Crippen molar-refractivity contribution >= 4 is 39.9 Å². The molecule has 54 valence electrons. The van der Waals surface area contributed by atoms with Crippen molar-refractivity contribution in [1.29, 1.82) is 0 Å². The molecule has 0 aliphatic carbocycles. The van der Waals surface area contributed by atoms with Crippen molar-refractivity contribution in [3.8, 4) is 0 Å². The lowest BCUT2D eigenvalue weighted by Gasteiger charge is -1.99. The molecule has 0 aliphatic rings. The fraction of sp³-hybridized carbons (Fsp3) is 0.143. The van der Waals surface area contributed by atoms with Crippen LogP contribution >= 0.6 is 34.2 Å². The second-order valence-corrected chi connectivity index (χ2v) is 3.41. The predicted molar refractivity (Wildman–Crippen MR) is 53.1 cm³/mol. The van der Waals surface area contributed by atoms with Gasteiger partial charge in [-0.1, -0.05) is 0 Å². The van der Waals surface area contributed by atoms with Crippen LogP contribution in [0.2, 0.25) is 0 Å². The summed E-state index contributed by atoms with van der Waals surface area (Å²) in [6.07, 6.45) is 0. The molecule has 2 N–H and O–H groups in total. The Labute approximate surface area is 78.7 Å². The van der Waals surface area contributed by atoms with Crippen LogP contribution in [-0.2, 0) is 5.88 Å². The van der Waals surface area contributed by atoms with E-state index in [4.69, 9.17) is 17.3 Å². The fourth-order valence-electron chi connectivity index (χ4n) is 0.697. The minimum absolute atomic E-state index is 0.531. The number of hydrogen-bond acceptors (Lipinski definition) is 1. The van der Waals surface area contributed by atoms with Gasteiger partial charge in [0.15, 0.2) is 0 Å². The van der Waals surface area contributed by atoms with E-state index in [0.717, 1.165) is 11.3 Å². The zero-order valence-corrected chi connectivity index (χ0v) is 8.19. The summed E-state index contributed by atoms with van der Waals surface area (Å²) in [6, 6.07) is 5.74. The van der Waals surface area contributed by atoms with E-state index in [0.29, 0.717) is 5.88 Å². The van der Waals surface area contributed by atoms with E-state index in [9.17, 15) is 0 Å². The number of nitrogens with two attached hydrogens (primary N) is 1. The SMILES string of the molecule is Nc1ccc(I)c(CCl)c1. The van der Waals surface area contributed by atoms with Gasteiger partial charge in [-0.2, -0.15) is 0 Å². The molecule has 0 bridgehead atoms. The minimum Gasteiger partial charge on any atom is -0.399 e. The maximum atomic E-state index is 5.64. The van der Waals surface area contributed by atoms with Gasteiger partial charge in [0.05, 0.1) is 0 Å². The molecule has 0 aromatic heterocycles. The van der Waals surface area contributed by atoms with Gasteiger partial charge in [0.25, 0.3) is 0 Å². The molecule has 0 saturated heterocycles. The Hall–Kier alpha value is 0.0400. The standard InChI is InChI=1S/C7H7ClIN/c8-4-5-3-6(10)1-2-7(5)9/h1-3H,4,10H2. The lowest BCUT2D eigenvalue weighted by atomic mass is 10.2. The molecule has 0 atom stereocenters. The topological polar surface area (TPSA) is 26.0 Å². The molecular weight excluding hydrogens is 260 g/mol. The summed E-state index contributed by atoms with van der Waals surface area (Å²) < 4.78 is 1.17. The van der Waals surface area contributed by atoms with E-state index in [2.05, 4.69) is 22.6 Å². The Kier molecular flexibility index (Phi) is 2.80. The van der Waals surface area contributed by atoms with E-state index >= 15 is 0 Å². The minimum atomic E-state index is 0.531. The third-order valence-electron chi connectivity index (χ3n) is 1.21. The number of benzene rings is 1. The van der Waals surface area contributed by atoms with Crippen LogP contribution in [0.15, 0.2) is 18.2 Å². The van der Waals surface area contributed by atoms with Crippen LogP contribution in [-0.4, -0.2) is 0 Å². The zero-order valence-electron chi connectivity index (χ0n) is 5.27. The Bertz CT molecular complexity index is 237. The predicted octanol–water partition coefficient (Wildman–Crippen LogP) is 2.61. The van der Waals surface area contributed by atoms with Crippen LogP contribution in [0.1, 0.15) is 5.56 Å². The molecule has 1 rings (SSSR count). The Morgan fingerprint density at radius 1 is 1.50 bits per heavy atom. The Balaban J connectivity index is 3.09. The van der Waals surface area contributed by atoms with E-state index in [1.54, 1.807) is 0 Å². The van der Waals surface area contributed by atoms with Crippen LogP contribution in [0.5, 0.6) is 0 Å². The van der Waals surface area contributed by atoms with Crippen molar-refractivity contribution in [2.75, 3.05) is 5.73 Å². The summed E-state index contributed by atoms with van der Waals surface area (Å²) in [5.74, 6) is 0.531. The average molecular weight is 267 g/mol. The highest BCUT2D eigenvalue weighted by Gasteiger charge is 1.96. The largest absolute Gasteiger partial charge is 0.399 e. The van der Waals surface area contributed by atoms with Crippen molar-refractivity contribution in [1.82, 2.24) is 0 Å². The first-order valence-electron chi connectivity index (χ1n) is 2.84. The molecule has 0 heterocycles. The second-order valence-electron chi connectivity index (χ2n) is 1.98. The smallest absolute Gasteiger partial charge is 0.0485 e. The second kappa shape index (κ2) is 3.44. The molecule has 0 radical (unpaired) electrons. The van der Waals surface area contributed by atoms with Crippen LogP contribution in [0.4, 0.5) is 5.69 Å². The van der Waals surface area contributed by atoms with Gasteiger partial charge in [0, 0.05) is 15.1 Å². The molecule has 1 aromatic carbocycles. The number of rotatable bonds is 1. The van der Waals surface area contributed by atoms with Gasteiger partial charge in [0.1, 0.15) is 0 Å². The molecule has 0 amide bonds. The lowest BCUT2D eigenvalue weighted by Crippen LogP contribution is -1.89.